The number of carbonyl (C=O) groups excluding carboxylic acids is 1. The predicted molar refractivity (Wildman–Crippen MR) is 69.7 cm³/mol. The molecule has 0 fully saturated rings. The summed E-state index contributed by atoms with van der Waals surface area (Å²) in [5.74, 6) is -1.62. The fourth-order valence-corrected chi connectivity index (χ4v) is 1.81. The van der Waals surface area contributed by atoms with Crippen LogP contribution < -0.4 is 4.90 Å². The summed E-state index contributed by atoms with van der Waals surface area (Å²) in [7, 11) is 2.80. The van der Waals surface area contributed by atoms with E-state index in [-0.39, 0.29) is 12.1 Å². The minimum absolute atomic E-state index is 0.111. The van der Waals surface area contributed by atoms with E-state index in [4.69, 9.17) is 5.11 Å². The van der Waals surface area contributed by atoms with Gasteiger partial charge in [-0.1, -0.05) is 19.1 Å². The van der Waals surface area contributed by atoms with Crippen LogP contribution in [0.5, 0.6) is 0 Å². The molecule has 0 spiro atoms. The number of hydrogen-bond acceptors (Lipinski definition) is 2. The maximum absolute atomic E-state index is 13.6. The van der Waals surface area contributed by atoms with Crippen molar-refractivity contribution in [1.29, 1.82) is 0 Å². The highest BCUT2D eigenvalue weighted by Gasteiger charge is 2.28. The van der Waals surface area contributed by atoms with Gasteiger partial charge in [-0.05, 0) is 18.6 Å². The summed E-state index contributed by atoms with van der Waals surface area (Å²) in [4.78, 5) is 25.3. The van der Waals surface area contributed by atoms with E-state index in [0.29, 0.717) is 0 Å². The molecule has 6 heteroatoms. The topological polar surface area (TPSA) is 60.9 Å². The van der Waals surface area contributed by atoms with E-state index in [1.54, 1.807) is 13.0 Å². The van der Waals surface area contributed by atoms with Crippen molar-refractivity contribution >= 4 is 17.7 Å². The van der Waals surface area contributed by atoms with Gasteiger partial charge in [0.2, 0.25) is 0 Å². The van der Waals surface area contributed by atoms with Crippen LogP contribution in [0.4, 0.5) is 14.9 Å². The minimum atomic E-state index is -1.08. The number of nitrogens with zero attached hydrogens (tertiary/aromatic N) is 2. The molecule has 0 aromatic heterocycles. The summed E-state index contributed by atoms with van der Waals surface area (Å²) in [5, 5.41) is 9.01. The molecule has 1 unspecified atom stereocenters. The highest BCUT2D eigenvalue weighted by atomic mass is 19.1. The normalized spacial score (nSPS) is 11.8. The quantitative estimate of drug-likeness (QED) is 0.910. The van der Waals surface area contributed by atoms with E-state index in [0.717, 1.165) is 9.80 Å². The first-order valence-electron chi connectivity index (χ1n) is 5.88. The van der Waals surface area contributed by atoms with Crippen molar-refractivity contribution in [2.24, 2.45) is 0 Å². The molecule has 0 bridgehead atoms. The highest BCUT2D eigenvalue weighted by Crippen LogP contribution is 2.19. The maximum atomic E-state index is 13.6. The van der Waals surface area contributed by atoms with Crippen molar-refractivity contribution in [2.45, 2.75) is 19.4 Å². The van der Waals surface area contributed by atoms with Crippen molar-refractivity contribution in [3.63, 3.8) is 0 Å². The molecule has 1 atom stereocenters. The molecule has 0 aliphatic heterocycles. The monoisotopic (exact) mass is 268 g/mol. The van der Waals surface area contributed by atoms with Gasteiger partial charge in [-0.3, -0.25) is 4.90 Å². The SMILES string of the molecule is CCC(C(=O)O)N(C)C(=O)N(C)c1ccccc1F. The van der Waals surface area contributed by atoms with Crippen LogP contribution in [0.15, 0.2) is 24.3 Å². The molecule has 19 heavy (non-hydrogen) atoms. The zero-order chi connectivity index (χ0) is 14.6. The summed E-state index contributed by atoms with van der Waals surface area (Å²) in [6, 6.07) is 4.33. The van der Waals surface area contributed by atoms with Gasteiger partial charge in [0.15, 0.2) is 0 Å². The number of carboxylic acid groups (broad SMARTS) is 1. The molecule has 0 saturated heterocycles. The molecule has 0 heterocycles. The van der Waals surface area contributed by atoms with Gasteiger partial charge in [-0.2, -0.15) is 0 Å². The molecule has 0 aliphatic rings. The average molecular weight is 268 g/mol. The summed E-state index contributed by atoms with van der Waals surface area (Å²) >= 11 is 0. The largest absolute Gasteiger partial charge is 0.480 e. The zero-order valence-corrected chi connectivity index (χ0v) is 11.1. The third kappa shape index (κ3) is 3.21. The number of rotatable bonds is 4. The van der Waals surface area contributed by atoms with E-state index in [1.807, 2.05) is 0 Å². The second kappa shape index (κ2) is 6.17. The Morgan fingerprint density at radius 2 is 1.89 bits per heavy atom. The molecule has 104 valence electrons. The molecule has 1 aromatic rings. The van der Waals surface area contributed by atoms with Crippen LogP contribution in [0.2, 0.25) is 0 Å². The van der Waals surface area contributed by atoms with Gasteiger partial charge in [0.1, 0.15) is 11.9 Å². The van der Waals surface area contributed by atoms with Crippen LogP contribution in [0.3, 0.4) is 0 Å². The highest BCUT2D eigenvalue weighted by molar-refractivity contribution is 5.93. The number of carboxylic acids is 1. The Hall–Kier alpha value is -2.11. The first-order valence-corrected chi connectivity index (χ1v) is 5.88. The second-order valence-electron chi connectivity index (χ2n) is 4.17. The van der Waals surface area contributed by atoms with Gasteiger partial charge in [0.05, 0.1) is 5.69 Å². The van der Waals surface area contributed by atoms with Gasteiger partial charge in [-0.25, -0.2) is 14.0 Å². The van der Waals surface area contributed by atoms with E-state index in [2.05, 4.69) is 0 Å². The van der Waals surface area contributed by atoms with Gasteiger partial charge in [0.25, 0.3) is 0 Å². The zero-order valence-electron chi connectivity index (χ0n) is 11.1. The van der Waals surface area contributed by atoms with E-state index >= 15 is 0 Å². The van der Waals surface area contributed by atoms with Gasteiger partial charge >= 0.3 is 12.0 Å². The molecule has 5 nitrogen and oxygen atoms in total. The Morgan fingerprint density at radius 1 is 1.32 bits per heavy atom. The smallest absolute Gasteiger partial charge is 0.326 e. The van der Waals surface area contributed by atoms with Crippen molar-refractivity contribution < 1.29 is 19.1 Å². The van der Waals surface area contributed by atoms with E-state index < -0.39 is 23.9 Å². The summed E-state index contributed by atoms with van der Waals surface area (Å²) < 4.78 is 13.6. The molecule has 1 aromatic carbocycles. The van der Waals surface area contributed by atoms with Crippen molar-refractivity contribution in [2.75, 3.05) is 19.0 Å². The van der Waals surface area contributed by atoms with Crippen molar-refractivity contribution in [3.05, 3.63) is 30.1 Å². The Labute approximate surface area is 111 Å². The number of para-hydroxylation sites is 1. The molecule has 0 saturated carbocycles. The Morgan fingerprint density at radius 3 is 2.37 bits per heavy atom. The van der Waals surface area contributed by atoms with Crippen LogP contribution in [0.1, 0.15) is 13.3 Å². The van der Waals surface area contributed by atoms with Gasteiger partial charge < -0.3 is 10.0 Å². The number of aliphatic carboxylic acids is 1. The Bertz CT molecular complexity index is 479. The number of hydrogen-bond donors (Lipinski definition) is 1. The minimum Gasteiger partial charge on any atom is -0.480 e. The fraction of sp³-hybridized carbons (Fsp3) is 0.385. The number of carbonyl (C=O) groups is 2. The number of urea groups is 1. The lowest BCUT2D eigenvalue weighted by molar-refractivity contribution is -0.141. The third-order valence-corrected chi connectivity index (χ3v) is 2.94. The maximum Gasteiger partial charge on any atom is 0.326 e. The number of halogens is 1. The predicted octanol–water partition coefficient (Wildman–Crippen LogP) is 2.18. The lowest BCUT2D eigenvalue weighted by Gasteiger charge is -2.29. The first-order chi connectivity index (χ1) is 8.90. The van der Waals surface area contributed by atoms with Gasteiger partial charge in [0, 0.05) is 14.1 Å². The molecular weight excluding hydrogens is 251 g/mol. The molecular formula is C13H17FN2O3. The van der Waals surface area contributed by atoms with Gasteiger partial charge in [-0.15, -0.1) is 0 Å². The lowest BCUT2D eigenvalue weighted by atomic mass is 10.2. The lowest BCUT2D eigenvalue weighted by Crippen LogP contribution is -2.47. The molecule has 0 aliphatic carbocycles. The number of benzene rings is 1. The fourth-order valence-electron chi connectivity index (χ4n) is 1.81. The molecule has 2 amide bonds. The summed E-state index contributed by atoms with van der Waals surface area (Å²) in [6.07, 6.45) is 0.280. The average Bonchev–Trinajstić information content (AvgIpc) is 2.37. The molecule has 0 radical (unpaired) electrons. The number of amides is 2. The van der Waals surface area contributed by atoms with E-state index in [1.165, 1.54) is 32.3 Å². The van der Waals surface area contributed by atoms with E-state index in [9.17, 15) is 14.0 Å². The van der Waals surface area contributed by atoms with Crippen molar-refractivity contribution in [1.82, 2.24) is 4.90 Å². The molecule has 1 N–H and O–H groups in total. The third-order valence-electron chi connectivity index (χ3n) is 2.94. The summed E-state index contributed by atoms with van der Waals surface area (Å²) in [6.45, 7) is 1.67. The van der Waals surface area contributed by atoms with Crippen LogP contribution in [-0.4, -0.2) is 42.1 Å². The summed E-state index contributed by atoms with van der Waals surface area (Å²) in [5.41, 5.74) is 0.111. The van der Waals surface area contributed by atoms with Crippen LogP contribution in [0.25, 0.3) is 0 Å². The Kier molecular flexibility index (Phi) is 4.86. The number of anilines is 1. The van der Waals surface area contributed by atoms with Crippen molar-refractivity contribution in [3.8, 4) is 0 Å². The standard InChI is InChI=1S/C13H17FN2O3/c1-4-10(12(17)18)15(2)13(19)16(3)11-8-6-5-7-9(11)14/h5-8,10H,4H2,1-3H3,(H,17,18). The first kappa shape index (κ1) is 14.9. The molecule has 1 rings (SSSR count). The Balaban J connectivity index is 2.94. The van der Waals surface area contributed by atoms with Crippen LogP contribution in [0, 0.1) is 5.82 Å². The number of likely N-dealkylation sites (N-methyl/N-ethyl adjacent to an activating group) is 1. The van der Waals surface area contributed by atoms with Crippen LogP contribution in [-0.2, 0) is 4.79 Å². The van der Waals surface area contributed by atoms with Crippen LogP contribution >= 0.6 is 0 Å². The second-order valence-corrected chi connectivity index (χ2v) is 4.17.